The molecule has 0 fully saturated rings. The summed E-state index contributed by atoms with van der Waals surface area (Å²) in [6.45, 7) is 0. The monoisotopic (exact) mass is 219 g/mol. The number of halogens is 1. The van der Waals surface area contributed by atoms with Gasteiger partial charge in [0, 0.05) is 18.0 Å². The number of carbonyl (C=O) groups excluding carboxylic acids is 1. The van der Waals surface area contributed by atoms with Crippen LogP contribution in [0.15, 0.2) is 36.8 Å². The van der Waals surface area contributed by atoms with Crippen LogP contribution in [-0.4, -0.2) is 21.0 Å². The van der Waals surface area contributed by atoms with E-state index in [0.29, 0.717) is 11.1 Å². The number of rotatable bonds is 2. The molecule has 0 aliphatic heterocycles. The topological polar surface area (TPSA) is 55.7 Å². The van der Waals surface area contributed by atoms with Gasteiger partial charge in [-0.2, -0.15) is 5.10 Å². The van der Waals surface area contributed by atoms with E-state index < -0.39 is 0 Å². The lowest BCUT2D eigenvalue weighted by atomic mass is 10.1. The fourth-order valence-corrected chi connectivity index (χ4v) is 1.34. The van der Waals surface area contributed by atoms with Crippen LogP contribution in [0, 0.1) is 0 Å². The van der Waals surface area contributed by atoms with Crippen molar-refractivity contribution in [2.24, 2.45) is 0 Å². The molecule has 2 aromatic rings. The van der Waals surface area contributed by atoms with Crippen molar-refractivity contribution in [1.29, 1.82) is 0 Å². The molecule has 4 nitrogen and oxygen atoms in total. The van der Waals surface area contributed by atoms with Gasteiger partial charge in [-0.1, -0.05) is 11.6 Å². The Morgan fingerprint density at radius 2 is 1.87 bits per heavy atom. The average molecular weight is 220 g/mol. The number of pyridine rings is 1. The molecular formula is C10H6ClN3O. The fraction of sp³-hybridized carbons (Fsp3) is 0. The molecule has 0 N–H and O–H groups in total. The molecule has 0 atom stereocenters. The first-order valence-electron chi connectivity index (χ1n) is 4.21. The van der Waals surface area contributed by atoms with E-state index in [0.717, 1.165) is 0 Å². The zero-order chi connectivity index (χ0) is 10.7. The summed E-state index contributed by atoms with van der Waals surface area (Å²) < 4.78 is 0. The first-order chi connectivity index (χ1) is 7.29. The maximum absolute atomic E-state index is 11.9. The molecule has 0 aliphatic rings. The molecule has 74 valence electrons. The van der Waals surface area contributed by atoms with E-state index in [1.807, 2.05) is 0 Å². The van der Waals surface area contributed by atoms with Crippen LogP contribution < -0.4 is 0 Å². The molecule has 0 radical (unpaired) electrons. The van der Waals surface area contributed by atoms with Crippen LogP contribution >= 0.6 is 11.6 Å². The molecule has 0 saturated heterocycles. The maximum atomic E-state index is 11.9. The van der Waals surface area contributed by atoms with Gasteiger partial charge in [0.05, 0.1) is 11.8 Å². The van der Waals surface area contributed by atoms with Crippen molar-refractivity contribution in [2.45, 2.75) is 0 Å². The number of hydrogen-bond acceptors (Lipinski definition) is 4. The van der Waals surface area contributed by atoms with Gasteiger partial charge >= 0.3 is 0 Å². The fourth-order valence-electron chi connectivity index (χ4n) is 1.14. The van der Waals surface area contributed by atoms with Crippen LogP contribution in [0.5, 0.6) is 0 Å². The third kappa shape index (κ3) is 1.99. The highest BCUT2D eigenvalue weighted by Crippen LogP contribution is 2.15. The maximum Gasteiger partial charge on any atom is 0.196 e. The summed E-state index contributed by atoms with van der Waals surface area (Å²) in [6.07, 6.45) is 4.53. The molecule has 0 spiro atoms. The minimum absolute atomic E-state index is 0.110. The summed E-state index contributed by atoms with van der Waals surface area (Å²) in [7, 11) is 0. The van der Waals surface area contributed by atoms with Crippen molar-refractivity contribution in [3.63, 3.8) is 0 Å². The standard InChI is InChI=1S/C10H6ClN3O/c11-10-8(3-6-13-14-10)9(15)7-1-4-12-5-2-7/h1-6H. The van der Waals surface area contributed by atoms with Gasteiger partial charge in [0.1, 0.15) is 0 Å². The molecule has 0 bridgehead atoms. The number of ketones is 1. The van der Waals surface area contributed by atoms with Gasteiger partial charge in [-0.15, -0.1) is 5.10 Å². The zero-order valence-corrected chi connectivity index (χ0v) is 8.35. The predicted octanol–water partition coefficient (Wildman–Crippen LogP) is 1.76. The van der Waals surface area contributed by atoms with E-state index in [4.69, 9.17) is 11.6 Å². The average Bonchev–Trinajstić information content (AvgIpc) is 2.30. The molecule has 2 heterocycles. The summed E-state index contributed by atoms with van der Waals surface area (Å²) in [5.74, 6) is -0.183. The minimum atomic E-state index is -0.183. The highest BCUT2D eigenvalue weighted by molar-refractivity contribution is 6.33. The van der Waals surface area contributed by atoms with E-state index in [9.17, 15) is 4.79 Å². The summed E-state index contributed by atoms with van der Waals surface area (Å²) in [6, 6.07) is 4.79. The Morgan fingerprint density at radius 3 is 2.53 bits per heavy atom. The van der Waals surface area contributed by atoms with Crippen LogP contribution in [0.1, 0.15) is 15.9 Å². The molecular weight excluding hydrogens is 214 g/mol. The van der Waals surface area contributed by atoms with Crippen LogP contribution in [0.4, 0.5) is 0 Å². The summed E-state index contributed by atoms with van der Waals surface area (Å²) in [5, 5.41) is 7.29. The lowest BCUT2D eigenvalue weighted by molar-refractivity contribution is 0.103. The first kappa shape index (κ1) is 9.73. The Bertz CT molecular complexity index is 487. The minimum Gasteiger partial charge on any atom is -0.288 e. The van der Waals surface area contributed by atoms with Crippen LogP contribution in [0.2, 0.25) is 5.15 Å². The molecule has 0 aliphatic carbocycles. The van der Waals surface area contributed by atoms with E-state index in [1.165, 1.54) is 12.3 Å². The second-order valence-electron chi connectivity index (χ2n) is 2.80. The predicted molar refractivity (Wildman–Crippen MR) is 54.7 cm³/mol. The molecule has 2 aromatic heterocycles. The summed E-state index contributed by atoms with van der Waals surface area (Å²) in [5.41, 5.74) is 0.873. The molecule has 15 heavy (non-hydrogen) atoms. The second-order valence-corrected chi connectivity index (χ2v) is 3.16. The van der Waals surface area contributed by atoms with E-state index in [1.54, 1.807) is 24.5 Å². The highest BCUT2D eigenvalue weighted by Gasteiger charge is 2.12. The molecule has 2 rings (SSSR count). The van der Waals surface area contributed by atoms with Crippen molar-refractivity contribution in [1.82, 2.24) is 15.2 Å². The van der Waals surface area contributed by atoms with Crippen molar-refractivity contribution in [3.05, 3.63) is 53.1 Å². The normalized spacial score (nSPS) is 9.93. The van der Waals surface area contributed by atoms with Gasteiger partial charge in [-0.3, -0.25) is 9.78 Å². The number of aromatic nitrogens is 3. The zero-order valence-electron chi connectivity index (χ0n) is 7.59. The molecule has 0 aromatic carbocycles. The molecule has 0 unspecified atom stereocenters. The summed E-state index contributed by atoms with van der Waals surface area (Å²) in [4.78, 5) is 15.7. The quantitative estimate of drug-likeness (QED) is 0.723. The SMILES string of the molecule is O=C(c1ccncc1)c1ccnnc1Cl. The lowest BCUT2D eigenvalue weighted by Crippen LogP contribution is -2.03. The van der Waals surface area contributed by atoms with Crippen molar-refractivity contribution >= 4 is 17.4 Å². The van der Waals surface area contributed by atoms with Gasteiger partial charge in [0.25, 0.3) is 0 Å². The molecule has 0 saturated carbocycles. The van der Waals surface area contributed by atoms with Crippen LogP contribution in [-0.2, 0) is 0 Å². The van der Waals surface area contributed by atoms with Crippen LogP contribution in [0.25, 0.3) is 0 Å². The summed E-state index contributed by atoms with van der Waals surface area (Å²) >= 11 is 5.76. The third-order valence-corrected chi connectivity index (χ3v) is 2.14. The largest absolute Gasteiger partial charge is 0.288 e. The highest BCUT2D eigenvalue weighted by atomic mass is 35.5. The number of carbonyl (C=O) groups is 1. The Kier molecular flexibility index (Phi) is 2.69. The van der Waals surface area contributed by atoms with Gasteiger partial charge in [0.2, 0.25) is 0 Å². The Morgan fingerprint density at radius 1 is 1.13 bits per heavy atom. The number of nitrogens with zero attached hydrogens (tertiary/aromatic N) is 3. The number of hydrogen-bond donors (Lipinski definition) is 0. The van der Waals surface area contributed by atoms with Crippen molar-refractivity contribution in [3.8, 4) is 0 Å². The first-order valence-corrected chi connectivity index (χ1v) is 4.59. The lowest BCUT2D eigenvalue weighted by Gasteiger charge is -2.00. The molecule has 0 amide bonds. The third-order valence-electron chi connectivity index (χ3n) is 1.86. The van der Waals surface area contributed by atoms with Gasteiger partial charge in [-0.05, 0) is 18.2 Å². The van der Waals surface area contributed by atoms with E-state index in [-0.39, 0.29) is 10.9 Å². The smallest absolute Gasteiger partial charge is 0.196 e. The van der Waals surface area contributed by atoms with Gasteiger partial charge < -0.3 is 0 Å². The second kappa shape index (κ2) is 4.14. The Labute approximate surface area is 90.9 Å². The van der Waals surface area contributed by atoms with Crippen LogP contribution in [0.3, 0.4) is 0 Å². The van der Waals surface area contributed by atoms with E-state index >= 15 is 0 Å². The molecule has 5 heteroatoms. The van der Waals surface area contributed by atoms with Crippen molar-refractivity contribution in [2.75, 3.05) is 0 Å². The van der Waals surface area contributed by atoms with Crippen molar-refractivity contribution < 1.29 is 4.79 Å². The van der Waals surface area contributed by atoms with Gasteiger partial charge in [0.15, 0.2) is 10.9 Å². The van der Waals surface area contributed by atoms with Gasteiger partial charge in [-0.25, -0.2) is 0 Å². The van der Waals surface area contributed by atoms with E-state index in [2.05, 4.69) is 15.2 Å². The Balaban J connectivity index is 2.42. The Hall–Kier alpha value is -1.81.